The Hall–Kier alpha value is -0.295. The number of aliphatic hydroxyl groups excluding tert-OH is 3. The highest BCUT2D eigenvalue weighted by Crippen LogP contribution is 2.48. The van der Waals surface area contributed by atoms with Crippen LogP contribution in [0.15, 0.2) is 0 Å². The van der Waals surface area contributed by atoms with Gasteiger partial charge in [0.05, 0.1) is 13.2 Å². The Morgan fingerprint density at radius 3 is 2.25 bits per heavy atom. The van der Waals surface area contributed by atoms with Crippen molar-refractivity contribution in [3.8, 4) is 0 Å². The number of ether oxygens (including phenoxy) is 1. The molecule has 2 aliphatic heterocycles. The fourth-order valence-electron chi connectivity index (χ4n) is 1.97. The molecule has 0 amide bonds. The zero-order valence-electron chi connectivity index (χ0n) is 8.05. The highest BCUT2D eigenvalue weighted by Gasteiger charge is 2.72. The summed E-state index contributed by atoms with van der Waals surface area (Å²) in [5.41, 5.74) is 0. The molecule has 4 atom stereocenters. The minimum absolute atomic E-state index is 0.672. The smallest absolute Gasteiger partial charge is 0.530 e. The lowest BCUT2D eigenvalue weighted by molar-refractivity contribution is -0.294. The maximum absolute atomic E-state index is 9.89. The Labute approximate surface area is 89.5 Å². The van der Waals surface area contributed by atoms with Crippen molar-refractivity contribution < 1.29 is 44.5 Å². The summed E-state index contributed by atoms with van der Waals surface area (Å²) in [4.78, 5) is 0. The first-order valence-electron chi connectivity index (χ1n) is 4.58. The third-order valence-electron chi connectivity index (χ3n) is 2.71. The SMILES string of the molecule is OC[C@@H]1O[C@]2(CO)O[B-](O)(O)O[C@]2(O)[C@H]1O. The summed E-state index contributed by atoms with van der Waals surface area (Å²) < 4.78 is 13.7. The maximum Gasteiger partial charge on any atom is 0.530 e. The van der Waals surface area contributed by atoms with E-state index >= 15 is 0 Å². The van der Waals surface area contributed by atoms with Gasteiger partial charge >= 0.3 is 6.96 Å². The van der Waals surface area contributed by atoms with Crippen LogP contribution in [0.4, 0.5) is 0 Å². The summed E-state index contributed by atoms with van der Waals surface area (Å²) in [6, 6.07) is 0. The number of aliphatic hydroxyl groups is 4. The molecule has 0 aromatic rings. The summed E-state index contributed by atoms with van der Waals surface area (Å²) in [5, 5.41) is 55.5. The van der Waals surface area contributed by atoms with Gasteiger partial charge in [-0.3, -0.25) is 0 Å². The van der Waals surface area contributed by atoms with Crippen molar-refractivity contribution in [2.75, 3.05) is 13.2 Å². The molecule has 10 heteroatoms. The van der Waals surface area contributed by atoms with Crippen molar-refractivity contribution in [2.24, 2.45) is 0 Å². The predicted octanol–water partition coefficient (Wildman–Crippen LogP) is -4.42. The average Bonchev–Trinajstić information content (AvgIpc) is 2.52. The van der Waals surface area contributed by atoms with Crippen molar-refractivity contribution in [3.05, 3.63) is 0 Å². The minimum Gasteiger partial charge on any atom is -0.533 e. The number of fused-ring (bicyclic) bond motifs is 1. The van der Waals surface area contributed by atoms with Gasteiger partial charge in [0.25, 0.3) is 0 Å². The van der Waals surface area contributed by atoms with Gasteiger partial charge in [-0.25, -0.2) is 0 Å². The molecule has 0 radical (unpaired) electrons. The van der Waals surface area contributed by atoms with E-state index in [0.717, 1.165) is 0 Å². The number of rotatable bonds is 2. The molecule has 2 fully saturated rings. The first-order valence-corrected chi connectivity index (χ1v) is 4.58. The van der Waals surface area contributed by atoms with Crippen molar-refractivity contribution in [2.45, 2.75) is 23.8 Å². The Morgan fingerprint density at radius 1 is 1.19 bits per heavy atom. The standard InChI is InChI=1S/C6H12BO9/c8-1-3-4(10)6(11)5(2-9,14-3)15-7(12,13)16-6/h3-4,8-13H,1-2H2/q-1/t3-,4-,5+,6+/m0/s1. The topological polar surface area (TPSA) is 149 Å². The zero-order valence-corrected chi connectivity index (χ0v) is 8.05. The van der Waals surface area contributed by atoms with Gasteiger partial charge in [-0.2, -0.15) is 0 Å². The van der Waals surface area contributed by atoms with E-state index in [1.54, 1.807) is 0 Å². The second-order valence-electron chi connectivity index (χ2n) is 3.76. The summed E-state index contributed by atoms with van der Waals surface area (Å²) in [6.07, 6.45) is -3.07. The quantitative estimate of drug-likeness (QED) is 0.262. The second kappa shape index (κ2) is 3.35. The molecule has 0 aliphatic carbocycles. The van der Waals surface area contributed by atoms with Crippen LogP contribution in [0.25, 0.3) is 0 Å². The van der Waals surface area contributed by atoms with Gasteiger partial charge in [0.15, 0.2) is 0 Å². The normalized spacial score (nSPS) is 50.6. The molecule has 16 heavy (non-hydrogen) atoms. The second-order valence-corrected chi connectivity index (χ2v) is 3.76. The Bertz CT molecular complexity index is 290. The molecule has 0 saturated carbocycles. The van der Waals surface area contributed by atoms with Gasteiger partial charge in [0.1, 0.15) is 12.2 Å². The third kappa shape index (κ3) is 1.34. The molecular formula is C6H12BO9-. The molecule has 2 heterocycles. The summed E-state index contributed by atoms with van der Waals surface area (Å²) in [6.45, 7) is -5.53. The number of hydrogen-bond acceptors (Lipinski definition) is 9. The Morgan fingerprint density at radius 2 is 1.81 bits per heavy atom. The predicted molar refractivity (Wildman–Crippen MR) is 45.1 cm³/mol. The van der Waals surface area contributed by atoms with Crippen molar-refractivity contribution in [3.63, 3.8) is 0 Å². The van der Waals surface area contributed by atoms with Crippen LogP contribution in [0.1, 0.15) is 0 Å². The van der Waals surface area contributed by atoms with Crippen molar-refractivity contribution in [1.29, 1.82) is 0 Å². The third-order valence-corrected chi connectivity index (χ3v) is 2.71. The summed E-state index contributed by atoms with van der Waals surface area (Å²) in [7, 11) is 0. The first kappa shape index (κ1) is 12.2. The highest BCUT2D eigenvalue weighted by molar-refractivity contribution is 6.51. The van der Waals surface area contributed by atoms with Crippen LogP contribution in [-0.2, 0) is 14.0 Å². The van der Waals surface area contributed by atoms with Crippen LogP contribution in [0.5, 0.6) is 0 Å². The summed E-state index contributed by atoms with van der Waals surface area (Å²) >= 11 is 0. The van der Waals surface area contributed by atoms with Crippen LogP contribution < -0.4 is 0 Å². The van der Waals surface area contributed by atoms with E-state index < -0.39 is 44.0 Å². The van der Waals surface area contributed by atoms with Crippen molar-refractivity contribution in [1.82, 2.24) is 0 Å². The molecule has 2 rings (SSSR count). The molecule has 9 nitrogen and oxygen atoms in total. The van der Waals surface area contributed by atoms with Crippen LogP contribution in [-0.4, -0.2) is 74.4 Å². The molecule has 0 unspecified atom stereocenters. The highest BCUT2D eigenvalue weighted by atomic mass is 16.9. The van der Waals surface area contributed by atoms with Gasteiger partial charge in [-0.15, -0.1) is 0 Å². The Balaban J connectivity index is 2.38. The largest absolute Gasteiger partial charge is 0.533 e. The first-order chi connectivity index (χ1) is 7.30. The molecular weight excluding hydrogens is 227 g/mol. The number of hydrogen-bond donors (Lipinski definition) is 6. The van der Waals surface area contributed by atoms with Gasteiger partial charge in [0, 0.05) is 0 Å². The molecule has 0 spiro atoms. The van der Waals surface area contributed by atoms with E-state index in [4.69, 9.17) is 25.0 Å². The molecule has 2 aliphatic rings. The molecule has 2 saturated heterocycles. The lowest BCUT2D eigenvalue weighted by Crippen LogP contribution is -2.56. The molecule has 0 aromatic carbocycles. The lowest BCUT2D eigenvalue weighted by Gasteiger charge is -2.34. The van der Waals surface area contributed by atoms with E-state index in [2.05, 4.69) is 9.31 Å². The maximum atomic E-state index is 9.89. The fourth-order valence-corrected chi connectivity index (χ4v) is 1.97. The molecule has 0 bridgehead atoms. The van der Waals surface area contributed by atoms with E-state index in [-0.39, 0.29) is 0 Å². The monoisotopic (exact) mass is 239 g/mol. The average molecular weight is 239 g/mol. The van der Waals surface area contributed by atoms with Crippen LogP contribution in [0.2, 0.25) is 0 Å². The molecule has 6 N–H and O–H groups in total. The Kier molecular flexibility index (Phi) is 2.55. The molecule has 0 aromatic heterocycles. The van der Waals surface area contributed by atoms with Gasteiger partial charge < -0.3 is 44.5 Å². The van der Waals surface area contributed by atoms with Gasteiger partial charge in [-0.1, -0.05) is 0 Å². The summed E-state index contributed by atoms with van der Waals surface area (Å²) in [5.74, 6) is -4.98. The fraction of sp³-hybridized carbons (Fsp3) is 1.00. The van der Waals surface area contributed by atoms with E-state index in [9.17, 15) is 10.2 Å². The van der Waals surface area contributed by atoms with E-state index in [0.29, 0.717) is 0 Å². The van der Waals surface area contributed by atoms with Gasteiger partial charge in [-0.05, 0) is 0 Å². The van der Waals surface area contributed by atoms with Crippen LogP contribution >= 0.6 is 0 Å². The minimum atomic E-state index is -3.86. The van der Waals surface area contributed by atoms with E-state index in [1.165, 1.54) is 0 Å². The van der Waals surface area contributed by atoms with Crippen molar-refractivity contribution >= 4 is 6.96 Å². The van der Waals surface area contributed by atoms with Crippen LogP contribution in [0.3, 0.4) is 0 Å². The van der Waals surface area contributed by atoms with Crippen LogP contribution in [0, 0.1) is 0 Å². The zero-order chi connectivity index (χ0) is 12.2. The van der Waals surface area contributed by atoms with E-state index in [1.807, 2.05) is 0 Å². The van der Waals surface area contributed by atoms with Gasteiger partial charge in [0.2, 0.25) is 11.6 Å². The lowest BCUT2D eigenvalue weighted by atomic mass is 10.0. The molecule has 94 valence electrons.